The largest absolute Gasteiger partial charge is 0.362 e. The Labute approximate surface area is 92.4 Å². The van der Waals surface area contributed by atoms with Crippen molar-refractivity contribution in [1.29, 1.82) is 0 Å². The first kappa shape index (κ1) is 13.3. The smallest absolute Gasteiger partial charge is 0.358 e. The lowest BCUT2D eigenvalue weighted by atomic mass is 10.3. The van der Waals surface area contributed by atoms with Gasteiger partial charge in [0.2, 0.25) is 0 Å². The average Bonchev–Trinajstić information content (AvgIpc) is 2.09. The minimum absolute atomic E-state index is 0.0621. The van der Waals surface area contributed by atoms with Gasteiger partial charge in [-0.3, -0.25) is 0 Å². The molecule has 0 aromatic heterocycles. The predicted molar refractivity (Wildman–Crippen MR) is 61.3 cm³/mol. The number of unbranched alkanes of at least 4 members (excludes halogenated alkanes) is 1. The zero-order chi connectivity index (χ0) is 11.1. The highest BCUT2D eigenvalue weighted by Crippen LogP contribution is 2.11. The van der Waals surface area contributed by atoms with Gasteiger partial charge < -0.3 is 10.1 Å². The van der Waals surface area contributed by atoms with Crippen LogP contribution in [-0.2, 0) is 0 Å². The second kappa shape index (κ2) is 6.70. The van der Waals surface area contributed by atoms with Gasteiger partial charge in [0.05, 0.1) is 0 Å². The second-order valence-electron chi connectivity index (χ2n) is 3.17. The van der Waals surface area contributed by atoms with Gasteiger partial charge in [0, 0.05) is 12.0 Å². The molecule has 0 amide bonds. The SMILES string of the molecule is CCCC/C(Br)=N\C(=C(C)C)[N+](=O)[O-]. The molecule has 80 valence electrons. The van der Waals surface area contributed by atoms with Crippen molar-refractivity contribution in [2.75, 3.05) is 0 Å². The van der Waals surface area contributed by atoms with E-state index in [1.807, 2.05) is 0 Å². The number of halogens is 1. The van der Waals surface area contributed by atoms with Crippen molar-refractivity contribution in [3.8, 4) is 0 Å². The highest BCUT2D eigenvalue weighted by molar-refractivity contribution is 9.18. The molecule has 0 unspecified atom stereocenters. The Bertz CT molecular complexity index is 268. The molecule has 0 rings (SSSR count). The summed E-state index contributed by atoms with van der Waals surface area (Å²) in [6.07, 6.45) is 2.78. The van der Waals surface area contributed by atoms with E-state index in [2.05, 4.69) is 27.8 Å². The molecule has 0 aliphatic carbocycles. The number of aliphatic imine (C=N–C) groups is 1. The molecule has 14 heavy (non-hydrogen) atoms. The minimum atomic E-state index is -0.456. The summed E-state index contributed by atoms with van der Waals surface area (Å²) >= 11 is 3.23. The molecule has 0 atom stereocenters. The molecule has 0 heterocycles. The lowest BCUT2D eigenvalue weighted by Crippen LogP contribution is -2.00. The van der Waals surface area contributed by atoms with Gasteiger partial charge >= 0.3 is 5.82 Å². The van der Waals surface area contributed by atoms with Crippen LogP contribution in [0.4, 0.5) is 0 Å². The summed E-state index contributed by atoms with van der Waals surface area (Å²) in [5.74, 6) is -0.0621. The molecule has 0 aromatic rings. The Morgan fingerprint density at radius 1 is 1.50 bits per heavy atom. The number of hydrogen-bond donors (Lipinski definition) is 0. The molecule has 0 spiro atoms. The summed E-state index contributed by atoms with van der Waals surface area (Å²) < 4.78 is 0.646. The maximum atomic E-state index is 10.6. The molecular weight excluding hydrogens is 248 g/mol. The molecule has 4 nitrogen and oxygen atoms in total. The number of nitro groups is 1. The van der Waals surface area contributed by atoms with Crippen LogP contribution in [0.3, 0.4) is 0 Å². The molecule has 0 saturated heterocycles. The van der Waals surface area contributed by atoms with E-state index in [9.17, 15) is 10.1 Å². The number of allylic oxidation sites excluding steroid dienone is 1. The lowest BCUT2D eigenvalue weighted by Gasteiger charge is -1.96. The number of rotatable bonds is 5. The van der Waals surface area contributed by atoms with E-state index < -0.39 is 4.92 Å². The van der Waals surface area contributed by atoms with E-state index in [1.165, 1.54) is 0 Å². The molecule has 0 N–H and O–H groups in total. The highest BCUT2D eigenvalue weighted by Gasteiger charge is 2.12. The van der Waals surface area contributed by atoms with Gasteiger partial charge in [0.25, 0.3) is 0 Å². The van der Waals surface area contributed by atoms with Crippen LogP contribution < -0.4 is 0 Å². The zero-order valence-electron chi connectivity index (χ0n) is 8.71. The summed E-state index contributed by atoms with van der Waals surface area (Å²) in [6, 6.07) is 0. The monoisotopic (exact) mass is 262 g/mol. The summed E-state index contributed by atoms with van der Waals surface area (Å²) in [5, 5.41) is 10.6. The minimum Gasteiger partial charge on any atom is -0.358 e. The first-order chi connectivity index (χ1) is 6.49. The van der Waals surface area contributed by atoms with Gasteiger partial charge in [-0.05, 0) is 46.1 Å². The van der Waals surface area contributed by atoms with Crippen molar-refractivity contribution >= 4 is 20.6 Å². The third kappa shape index (κ3) is 5.11. The van der Waals surface area contributed by atoms with Crippen molar-refractivity contribution in [1.82, 2.24) is 0 Å². The van der Waals surface area contributed by atoms with Crippen molar-refractivity contribution in [3.63, 3.8) is 0 Å². The van der Waals surface area contributed by atoms with Gasteiger partial charge in [0.15, 0.2) is 4.62 Å². The molecular formula is C9H15BrN2O2. The molecule has 0 aliphatic rings. The fourth-order valence-corrected chi connectivity index (χ4v) is 1.28. The summed E-state index contributed by atoms with van der Waals surface area (Å²) in [6.45, 7) is 5.43. The standard InChI is InChI=1S/C9H15BrN2O2/c1-4-5-6-8(10)11-9(7(2)3)12(13)14/h4-6H2,1-3H3/b11-8+. The van der Waals surface area contributed by atoms with Crippen LogP contribution in [-0.4, -0.2) is 9.54 Å². The van der Waals surface area contributed by atoms with Crippen LogP contribution in [0, 0.1) is 10.1 Å². The Morgan fingerprint density at radius 3 is 2.43 bits per heavy atom. The topological polar surface area (TPSA) is 55.5 Å². The van der Waals surface area contributed by atoms with E-state index in [4.69, 9.17) is 0 Å². The average molecular weight is 263 g/mol. The molecule has 0 radical (unpaired) electrons. The first-order valence-electron chi connectivity index (χ1n) is 4.54. The normalized spacial score (nSPS) is 11.3. The molecule has 5 heteroatoms. The van der Waals surface area contributed by atoms with E-state index in [0.717, 1.165) is 19.3 Å². The molecule has 0 saturated carbocycles. The fourth-order valence-electron chi connectivity index (χ4n) is 0.829. The summed E-state index contributed by atoms with van der Waals surface area (Å²) in [4.78, 5) is 14.0. The van der Waals surface area contributed by atoms with Crippen LogP contribution in [0.15, 0.2) is 16.4 Å². The van der Waals surface area contributed by atoms with Gasteiger partial charge in [-0.2, -0.15) is 0 Å². The van der Waals surface area contributed by atoms with E-state index >= 15 is 0 Å². The van der Waals surface area contributed by atoms with E-state index in [1.54, 1.807) is 13.8 Å². The van der Waals surface area contributed by atoms with Crippen LogP contribution in [0.1, 0.15) is 40.0 Å². The quantitative estimate of drug-likeness (QED) is 0.433. The Kier molecular flexibility index (Phi) is 6.36. The third-order valence-electron chi connectivity index (χ3n) is 1.58. The van der Waals surface area contributed by atoms with Gasteiger partial charge in [-0.1, -0.05) is 13.3 Å². The maximum absolute atomic E-state index is 10.6. The molecule has 0 aliphatic heterocycles. The Morgan fingerprint density at radius 2 is 2.07 bits per heavy atom. The summed E-state index contributed by atoms with van der Waals surface area (Å²) in [5.41, 5.74) is 0.614. The summed E-state index contributed by atoms with van der Waals surface area (Å²) in [7, 11) is 0. The number of hydrogen-bond acceptors (Lipinski definition) is 3. The molecule has 0 bridgehead atoms. The van der Waals surface area contributed by atoms with Crippen molar-refractivity contribution in [3.05, 3.63) is 21.5 Å². The van der Waals surface area contributed by atoms with Crippen LogP contribution in [0.25, 0.3) is 0 Å². The van der Waals surface area contributed by atoms with Crippen LogP contribution in [0.5, 0.6) is 0 Å². The Balaban J connectivity index is 4.58. The van der Waals surface area contributed by atoms with Gasteiger partial charge in [0.1, 0.15) is 0 Å². The molecule has 0 fully saturated rings. The first-order valence-corrected chi connectivity index (χ1v) is 5.33. The maximum Gasteiger partial charge on any atom is 0.362 e. The van der Waals surface area contributed by atoms with Crippen molar-refractivity contribution < 1.29 is 4.92 Å². The van der Waals surface area contributed by atoms with Crippen molar-refractivity contribution in [2.24, 2.45) is 4.99 Å². The second-order valence-corrected chi connectivity index (χ2v) is 4.09. The molecule has 0 aromatic carbocycles. The van der Waals surface area contributed by atoms with Crippen LogP contribution in [0.2, 0.25) is 0 Å². The predicted octanol–water partition coefficient (Wildman–Crippen LogP) is 3.50. The van der Waals surface area contributed by atoms with Gasteiger partial charge in [-0.15, -0.1) is 0 Å². The van der Waals surface area contributed by atoms with Gasteiger partial charge in [-0.25, -0.2) is 0 Å². The fraction of sp³-hybridized carbons (Fsp3) is 0.667. The Hall–Kier alpha value is -0.710. The van der Waals surface area contributed by atoms with E-state index in [0.29, 0.717) is 10.2 Å². The van der Waals surface area contributed by atoms with E-state index in [-0.39, 0.29) is 5.82 Å². The van der Waals surface area contributed by atoms with Crippen molar-refractivity contribution in [2.45, 2.75) is 40.0 Å². The third-order valence-corrected chi connectivity index (χ3v) is 2.16. The van der Waals surface area contributed by atoms with Crippen LogP contribution >= 0.6 is 15.9 Å². The zero-order valence-corrected chi connectivity index (χ0v) is 10.3. The number of nitrogens with zero attached hydrogens (tertiary/aromatic N) is 2. The highest BCUT2D eigenvalue weighted by atomic mass is 79.9. The lowest BCUT2D eigenvalue weighted by molar-refractivity contribution is -0.427.